The van der Waals surface area contributed by atoms with E-state index in [4.69, 9.17) is 5.73 Å². The molecule has 3 heteroatoms. The van der Waals surface area contributed by atoms with Crippen molar-refractivity contribution in [2.24, 2.45) is 0 Å². The average Bonchev–Trinajstić information content (AvgIpc) is 2.12. The summed E-state index contributed by atoms with van der Waals surface area (Å²) in [5, 5.41) is 2.86. The van der Waals surface area contributed by atoms with Gasteiger partial charge in [-0.2, -0.15) is 0 Å². The number of fused-ring (bicyclic) bond motifs is 1. The van der Waals surface area contributed by atoms with E-state index in [1.54, 1.807) is 0 Å². The zero-order chi connectivity index (χ0) is 10.3. The average molecular weight is 190 g/mol. The summed E-state index contributed by atoms with van der Waals surface area (Å²) in [6.45, 7) is 4.44. The highest BCUT2D eigenvalue weighted by molar-refractivity contribution is 5.89. The molecule has 0 atom stereocenters. The molecule has 0 saturated heterocycles. The van der Waals surface area contributed by atoms with E-state index < -0.39 is 5.41 Å². The predicted molar refractivity (Wildman–Crippen MR) is 55.7 cm³/mol. The molecule has 0 radical (unpaired) electrons. The van der Waals surface area contributed by atoms with E-state index in [1.807, 2.05) is 32.0 Å². The lowest BCUT2D eigenvalue weighted by molar-refractivity contribution is -0.126. The third-order valence-corrected chi connectivity index (χ3v) is 2.81. The number of carbonyl (C=O) groups excluding carboxylic acids is 1. The number of nitrogens with two attached hydrogens (primary N) is 1. The summed E-state index contributed by atoms with van der Waals surface area (Å²) in [6.07, 6.45) is 0. The van der Waals surface area contributed by atoms with Crippen LogP contribution < -0.4 is 11.1 Å². The van der Waals surface area contributed by atoms with Crippen LogP contribution in [0.5, 0.6) is 0 Å². The largest absolute Gasteiger partial charge is 0.399 e. The maximum atomic E-state index is 11.6. The number of hydrogen-bond acceptors (Lipinski definition) is 2. The Morgan fingerprint density at radius 2 is 2.14 bits per heavy atom. The standard InChI is InChI=1S/C11H14N2O/c1-11(2)9-4-3-8(12)5-7(9)6-13-10(11)14/h3-5H,6,12H2,1-2H3,(H,13,14). The van der Waals surface area contributed by atoms with E-state index in [9.17, 15) is 4.79 Å². The minimum atomic E-state index is -0.443. The van der Waals surface area contributed by atoms with Gasteiger partial charge in [-0.15, -0.1) is 0 Å². The van der Waals surface area contributed by atoms with Crippen LogP contribution in [0.1, 0.15) is 25.0 Å². The molecule has 0 bridgehead atoms. The van der Waals surface area contributed by atoms with Crippen molar-refractivity contribution in [2.75, 3.05) is 5.73 Å². The highest BCUT2D eigenvalue weighted by Crippen LogP contribution is 2.31. The first-order chi connectivity index (χ1) is 6.51. The molecule has 1 aromatic carbocycles. The highest BCUT2D eigenvalue weighted by atomic mass is 16.2. The van der Waals surface area contributed by atoms with Crippen LogP contribution in [0.2, 0.25) is 0 Å². The van der Waals surface area contributed by atoms with Crippen LogP contribution in [-0.2, 0) is 16.8 Å². The van der Waals surface area contributed by atoms with Gasteiger partial charge in [-0.05, 0) is 37.1 Å². The second kappa shape index (κ2) is 2.74. The molecule has 0 fully saturated rings. The zero-order valence-electron chi connectivity index (χ0n) is 8.42. The molecule has 74 valence electrons. The van der Waals surface area contributed by atoms with Crippen molar-refractivity contribution in [1.29, 1.82) is 0 Å². The maximum absolute atomic E-state index is 11.6. The second-order valence-electron chi connectivity index (χ2n) is 4.22. The molecule has 0 aromatic heterocycles. The van der Waals surface area contributed by atoms with Crippen molar-refractivity contribution in [2.45, 2.75) is 25.8 Å². The topological polar surface area (TPSA) is 55.1 Å². The predicted octanol–water partition coefficient (Wildman–Crippen LogP) is 1.18. The molecule has 0 unspecified atom stereocenters. The summed E-state index contributed by atoms with van der Waals surface area (Å²) in [7, 11) is 0. The lowest BCUT2D eigenvalue weighted by atomic mass is 9.78. The number of hydrogen-bond donors (Lipinski definition) is 2. The Bertz CT molecular complexity index is 396. The van der Waals surface area contributed by atoms with Gasteiger partial charge in [-0.1, -0.05) is 6.07 Å². The summed E-state index contributed by atoms with van der Waals surface area (Å²) in [6, 6.07) is 5.72. The lowest BCUT2D eigenvalue weighted by Gasteiger charge is -2.31. The smallest absolute Gasteiger partial charge is 0.230 e. The van der Waals surface area contributed by atoms with Crippen LogP contribution in [0.25, 0.3) is 0 Å². The van der Waals surface area contributed by atoms with Crippen molar-refractivity contribution in [3.8, 4) is 0 Å². The Kier molecular flexibility index (Phi) is 1.77. The van der Waals surface area contributed by atoms with Crippen molar-refractivity contribution in [1.82, 2.24) is 5.32 Å². The fraction of sp³-hybridized carbons (Fsp3) is 0.364. The van der Waals surface area contributed by atoms with E-state index in [0.29, 0.717) is 6.54 Å². The highest BCUT2D eigenvalue weighted by Gasteiger charge is 2.34. The summed E-state index contributed by atoms with van der Waals surface area (Å²) in [5.41, 5.74) is 8.19. The third-order valence-electron chi connectivity index (χ3n) is 2.81. The quantitative estimate of drug-likeness (QED) is 0.603. The Hall–Kier alpha value is -1.51. The number of benzene rings is 1. The van der Waals surface area contributed by atoms with E-state index >= 15 is 0 Å². The fourth-order valence-corrected chi connectivity index (χ4v) is 1.89. The van der Waals surface area contributed by atoms with Gasteiger partial charge in [0.05, 0.1) is 5.41 Å². The minimum Gasteiger partial charge on any atom is -0.399 e. The van der Waals surface area contributed by atoms with Gasteiger partial charge in [0.15, 0.2) is 0 Å². The normalized spacial score (nSPS) is 18.6. The van der Waals surface area contributed by atoms with Crippen LogP contribution in [0.15, 0.2) is 18.2 Å². The molecule has 1 aliphatic rings. The Labute approximate surface area is 83.3 Å². The van der Waals surface area contributed by atoms with Gasteiger partial charge in [-0.3, -0.25) is 4.79 Å². The Morgan fingerprint density at radius 3 is 2.86 bits per heavy atom. The molecule has 0 spiro atoms. The minimum absolute atomic E-state index is 0.0785. The second-order valence-corrected chi connectivity index (χ2v) is 4.22. The molecule has 3 nitrogen and oxygen atoms in total. The Balaban J connectivity index is 2.59. The van der Waals surface area contributed by atoms with Crippen molar-refractivity contribution < 1.29 is 4.79 Å². The molecule has 2 rings (SSSR count). The molecule has 1 aromatic rings. The molecule has 0 aliphatic carbocycles. The van der Waals surface area contributed by atoms with Gasteiger partial charge < -0.3 is 11.1 Å². The first kappa shape index (κ1) is 9.06. The van der Waals surface area contributed by atoms with E-state index in [0.717, 1.165) is 16.8 Å². The van der Waals surface area contributed by atoms with Gasteiger partial charge in [0, 0.05) is 12.2 Å². The van der Waals surface area contributed by atoms with Gasteiger partial charge >= 0.3 is 0 Å². The molecular formula is C11H14N2O. The number of rotatable bonds is 0. The number of carbonyl (C=O) groups is 1. The maximum Gasteiger partial charge on any atom is 0.230 e. The van der Waals surface area contributed by atoms with Crippen molar-refractivity contribution in [3.05, 3.63) is 29.3 Å². The van der Waals surface area contributed by atoms with Crippen LogP contribution >= 0.6 is 0 Å². The third kappa shape index (κ3) is 1.16. The van der Waals surface area contributed by atoms with Crippen LogP contribution in [0.4, 0.5) is 5.69 Å². The van der Waals surface area contributed by atoms with Crippen molar-refractivity contribution in [3.63, 3.8) is 0 Å². The summed E-state index contributed by atoms with van der Waals surface area (Å²) in [4.78, 5) is 11.6. The lowest BCUT2D eigenvalue weighted by Crippen LogP contribution is -2.44. The molecule has 0 saturated carbocycles. The summed E-state index contributed by atoms with van der Waals surface area (Å²) >= 11 is 0. The molecule has 1 amide bonds. The molecular weight excluding hydrogens is 176 g/mol. The van der Waals surface area contributed by atoms with Crippen LogP contribution in [0.3, 0.4) is 0 Å². The molecule has 1 heterocycles. The van der Waals surface area contributed by atoms with Crippen molar-refractivity contribution >= 4 is 11.6 Å². The fourth-order valence-electron chi connectivity index (χ4n) is 1.89. The number of anilines is 1. The zero-order valence-corrected chi connectivity index (χ0v) is 8.42. The van der Waals surface area contributed by atoms with Gasteiger partial charge in [-0.25, -0.2) is 0 Å². The Morgan fingerprint density at radius 1 is 1.43 bits per heavy atom. The van der Waals surface area contributed by atoms with Crippen LogP contribution in [0, 0.1) is 0 Å². The van der Waals surface area contributed by atoms with Crippen LogP contribution in [-0.4, -0.2) is 5.91 Å². The summed E-state index contributed by atoms with van der Waals surface area (Å²) < 4.78 is 0. The molecule has 3 N–H and O–H groups in total. The summed E-state index contributed by atoms with van der Waals surface area (Å²) in [5.74, 6) is 0.0785. The molecule has 1 aliphatic heterocycles. The van der Waals surface area contributed by atoms with E-state index in [2.05, 4.69) is 5.32 Å². The van der Waals surface area contributed by atoms with Gasteiger partial charge in [0.2, 0.25) is 5.91 Å². The van der Waals surface area contributed by atoms with Gasteiger partial charge in [0.25, 0.3) is 0 Å². The first-order valence-corrected chi connectivity index (χ1v) is 4.69. The number of nitrogens with one attached hydrogen (secondary N) is 1. The monoisotopic (exact) mass is 190 g/mol. The SMILES string of the molecule is CC1(C)C(=O)NCc2cc(N)ccc21. The van der Waals surface area contributed by atoms with E-state index in [1.165, 1.54) is 0 Å². The number of nitrogen functional groups attached to an aromatic ring is 1. The van der Waals surface area contributed by atoms with E-state index in [-0.39, 0.29) is 5.91 Å². The first-order valence-electron chi connectivity index (χ1n) is 4.69. The van der Waals surface area contributed by atoms with Gasteiger partial charge in [0.1, 0.15) is 0 Å². The number of amides is 1. The molecule has 14 heavy (non-hydrogen) atoms.